The van der Waals surface area contributed by atoms with Crippen LogP contribution in [0.3, 0.4) is 0 Å². The van der Waals surface area contributed by atoms with Crippen molar-refractivity contribution < 1.29 is 32.6 Å². The second-order valence-electron chi connectivity index (χ2n) is 3.59. The summed E-state index contributed by atoms with van der Waals surface area (Å²) in [4.78, 5) is 22.3. The molecule has 8 heteroatoms. The third kappa shape index (κ3) is 2.01. The number of carboxylic acids is 1. The summed E-state index contributed by atoms with van der Waals surface area (Å²) >= 11 is 0. The summed E-state index contributed by atoms with van der Waals surface area (Å²) in [6.07, 6.45) is -4.82. The number of fused-ring (bicyclic) bond motifs is 1. The highest BCUT2D eigenvalue weighted by atomic mass is 19.4. The molecule has 0 saturated carbocycles. The average molecular weight is 274 g/mol. The molecule has 0 amide bonds. The fraction of sp³-hybridized carbons (Fsp3) is 0.0909. The molecule has 2 aromatic rings. The van der Waals surface area contributed by atoms with Gasteiger partial charge in [-0.25, -0.2) is 4.79 Å². The molecule has 100 valence electrons. The van der Waals surface area contributed by atoms with E-state index < -0.39 is 45.6 Å². The molecule has 0 atom stereocenters. The standard InChI is InChI=1S/C11H5F3O5/c12-11(13,14)5-3-1-2-4-6(15)7(16)9(10(17)18)19-8(4)5/h1-3,16H,(H,17,18). The van der Waals surface area contributed by atoms with Gasteiger partial charge in [-0.1, -0.05) is 6.07 Å². The molecule has 0 aliphatic heterocycles. The van der Waals surface area contributed by atoms with Gasteiger partial charge in [0.1, 0.15) is 0 Å². The largest absolute Gasteiger partial charge is 0.501 e. The average Bonchev–Trinajstić information content (AvgIpc) is 2.31. The van der Waals surface area contributed by atoms with Gasteiger partial charge in [0.15, 0.2) is 5.58 Å². The minimum absolute atomic E-state index is 0.544. The Bertz CT molecular complexity index is 729. The quantitative estimate of drug-likeness (QED) is 0.832. The summed E-state index contributed by atoms with van der Waals surface area (Å²) in [5.74, 6) is -4.30. The first-order valence-corrected chi connectivity index (χ1v) is 4.82. The first-order chi connectivity index (χ1) is 8.73. The fourth-order valence-electron chi connectivity index (χ4n) is 1.58. The van der Waals surface area contributed by atoms with Crippen LogP contribution in [0.2, 0.25) is 0 Å². The predicted molar refractivity (Wildman–Crippen MR) is 56.1 cm³/mol. The number of para-hydroxylation sites is 1. The third-order valence-electron chi connectivity index (χ3n) is 2.39. The van der Waals surface area contributed by atoms with Crippen LogP contribution in [0, 0.1) is 0 Å². The number of alkyl halides is 3. The van der Waals surface area contributed by atoms with Crippen molar-refractivity contribution in [2.24, 2.45) is 0 Å². The van der Waals surface area contributed by atoms with Crippen molar-refractivity contribution in [2.75, 3.05) is 0 Å². The van der Waals surface area contributed by atoms with Crippen molar-refractivity contribution in [3.63, 3.8) is 0 Å². The Morgan fingerprint density at radius 3 is 2.42 bits per heavy atom. The molecular formula is C11H5F3O5. The molecule has 0 unspecified atom stereocenters. The monoisotopic (exact) mass is 274 g/mol. The molecule has 0 fully saturated rings. The number of halogens is 3. The van der Waals surface area contributed by atoms with E-state index in [1.54, 1.807) is 0 Å². The molecule has 1 aromatic heterocycles. The Morgan fingerprint density at radius 2 is 1.89 bits per heavy atom. The van der Waals surface area contributed by atoms with Gasteiger partial charge in [-0.3, -0.25) is 4.79 Å². The highest BCUT2D eigenvalue weighted by Crippen LogP contribution is 2.35. The van der Waals surface area contributed by atoms with Gasteiger partial charge in [0.05, 0.1) is 10.9 Å². The molecular weight excluding hydrogens is 269 g/mol. The number of carboxylic acid groups (broad SMARTS) is 1. The van der Waals surface area contributed by atoms with E-state index in [1.807, 2.05) is 0 Å². The van der Waals surface area contributed by atoms with Crippen molar-refractivity contribution in [2.45, 2.75) is 6.18 Å². The van der Waals surface area contributed by atoms with E-state index in [-0.39, 0.29) is 0 Å². The maximum absolute atomic E-state index is 12.7. The number of benzene rings is 1. The van der Waals surface area contributed by atoms with Crippen molar-refractivity contribution in [3.05, 3.63) is 39.7 Å². The lowest BCUT2D eigenvalue weighted by Crippen LogP contribution is -2.12. The number of aromatic hydroxyl groups is 1. The molecule has 1 heterocycles. The van der Waals surface area contributed by atoms with Crippen LogP contribution in [0.25, 0.3) is 11.0 Å². The van der Waals surface area contributed by atoms with Crippen molar-refractivity contribution in [1.29, 1.82) is 0 Å². The van der Waals surface area contributed by atoms with E-state index in [0.717, 1.165) is 12.1 Å². The van der Waals surface area contributed by atoms with Gasteiger partial charge < -0.3 is 14.6 Å². The molecule has 0 bridgehead atoms. The van der Waals surface area contributed by atoms with Crippen molar-refractivity contribution >= 4 is 16.9 Å². The lowest BCUT2D eigenvalue weighted by molar-refractivity contribution is -0.136. The number of hydrogen-bond donors (Lipinski definition) is 2. The molecule has 1 aromatic carbocycles. The Kier molecular flexibility index (Phi) is 2.73. The summed E-state index contributed by atoms with van der Waals surface area (Å²) in [5.41, 5.74) is -3.44. The summed E-state index contributed by atoms with van der Waals surface area (Å²) < 4.78 is 42.7. The Labute approximate surface area is 102 Å². The lowest BCUT2D eigenvalue weighted by atomic mass is 10.1. The lowest BCUT2D eigenvalue weighted by Gasteiger charge is -2.09. The van der Waals surface area contributed by atoms with Crippen LogP contribution in [0.4, 0.5) is 13.2 Å². The molecule has 2 rings (SSSR count). The predicted octanol–water partition coefficient (Wildman–Crippen LogP) is 2.22. The molecule has 0 spiro atoms. The van der Waals surface area contributed by atoms with Gasteiger partial charge in [-0.15, -0.1) is 0 Å². The number of rotatable bonds is 1. The van der Waals surface area contributed by atoms with Gasteiger partial charge in [-0.2, -0.15) is 13.2 Å². The van der Waals surface area contributed by atoms with Crippen LogP contribution >= 0.6 is 0 Å². The molecule has 2 N–H and O–H groups in total. The summed E-state index contributed by atoms with van der Waals surface area (Å²) in [6, 6.07) is 2.61. The van der Waals surface area contributed by atoms with Crippen LogP contribution < -0.4 is 5.43 Å². The summed E-state index contributed by atoms with van der Waals surface area (Å²) in [6.45, 7) is 0. The Balaban J connectivity index is 2.99. The topological polar surface area (TPSA) is 87.7 Å². The molecule has 5 nitrogen and oxygen atoms in total. The number of aromatic carboxylic acids is 1. The minimum Gasteiger partial charge on any atom is -0.501 e. The van der Waals surface area contributed by atoms with Gasteiger partial charge in [0, 0.05) is 0 Å². The smallest absolute Gasteiger partial charge is 0.420 e. The first kappa shape index (κ1) is 12.9. The SMILES string of the molecule is O=C(O)c1oc2c(C(F)(F)F)cccc2c(=O)c1O. The van der Waals surface area contributed by atoms with Gasteiger partial charge >= 0.3 is 12.1 Å². The minimum atomic E-state index is -4.82. The molecule has 0 saturated heterocycles. The van der Waals surface area contributed by atoms with Crippen LogP contribution in [0.1, 0.15) is 16.1 Å². The highest BCUT2D eigenvalue weighted by Gasteiger charge is 2.35. The van der Waals surface area contributed by atoms with E-state index in [2.05, 4.69) is 4.42 Å². The summed E-state index contributed by atoms with van der Waals surface area (Å²) in [7, 11) is 0. The van der Waals surface area contributed by atoms with Crippen LogP contribution in [-0.4, -0.2) is 16.2 Å². The second-order valence-corrected chi connectivity index (χ2v) is 3.59. The van der Waals surface area contributed by atoms with Crippen LogP contribution in [0.15, 0.2) is 27.4 Å². The molecule has 0 radical (unpaired) electrons. The van der Waals surface area contributed by atoms with E-state index in [9.17, 15) is 27.9 Å². The third-order valence-corrected chi connectivity index (χ3v) is 2.39. The fourth-order valence-corrected chi connectivity index (χ4v) is 1.58. The maximum atomic E-state index is 12.7. The van der Waals surface area contributed by atoms with Crippen LogP contribution in [0.5, 0.6) is 5.75 Å². The highest BCUT2D eigenvalue weighted by molar-refractivity contribution is 5.91. The van der Waals surface area contributed by atoms with Crippen LogP contribution in [-0.2, 0) is 6.18 Å². The van der Waals surface area contributed by atoms with Crippen molar-refractivity contribution in [3.8, 4) is 5.75 Å². The van der Waals surface area contributed by atoms with E-state index >= 15 is 0 Å². The number of carbonyl (C=O) groups is 1. The second kappa shape index (κ2) is 4.01. The zero-order valence-corrected chi connectivity index (χ0v) is 8.99. The maximum Gasteiger partial charge on any atom is 0.420 e. The molecule has 19 heavy (non-hydrogen) atoms. The first-order valence-electron chi connectivity index (χ1n) is 4.82. The van der Waals surface area contributed by atoms with Gasteiger partial charge in [0.25, 0.3) is 5.76 Å². The van der Waals surface area contributed by atoms with Crippen molar-refractivity contribution in [1.82, 2.24) is 0 Å². The Hall–Kier alpha value is -2.51. The number of hydrogen-bond acceptors (Lipinski definition) is 4. The van der Waals surface area contributed by atoms with Gasteiger partial charge in [0.2, 0.25) is 11.2 Å². The zero-order valence-electron chi connectivity index (χ0n) is 8.99. The van der Waals surface area contributed by atoms with Gasteiger partial charge in [-0.05, 0) is 12.1 Å². The van der Waals surface area contributed by atoms with E-state index in [4.69, 9.17) is 5.11 Å². The molecule has 0 aliphatic rings. The normalized spacial score (nSPS) is 11.7. The Morgan fingerprint density at radius 1 is 1.26 bits per heavy atom. The summed E-state index contributed by atoms with van der Waals surface area (Å²) in [5, 5.41) is 17.4. The molecule has 0 aliphatic carbocycles. The zero-order chi connectivity index (χ0) is 14.4. The van der Waals surface area contributed by atoms with E-state index in [1.165, 1.54) is 0 Å². The van der Waals surface area contributed by atoms with E-state index in [0.29, 0.717) is 6.07 Å².